The minimum atomic E-state index is -0.295. The average Bonchev–Trinajstić information content (AvgIpc) is 2.68. The summed E-state index contributed by atoms with van der Waals surface area (Å²) in [7, 11) is 1.60. The molecule has 1 heterocycles. The minimum absolute atomic E-state index is 0. The predicted octanol–water partition coefficient (Wildman–Crippen LogP) is -0.931. The zero-order valence-corrected chi connectivity index (χ0v) is 11.3. The topological polar surface area (TPSA) is 38.8 Å². The van der Waals surface area contributed by atoms with Crippen LogP contribution in [0, 0.1) is 6.73 Å². The van der Waals surface area contributed by atoms with Gasteiger partial charge in [0.1, 0.15) is 5.75 Å². The quantitative estimate of drug-likeness (QED) is 0.496. The molecule has 0 radical (unpaired) electrons. The summed E-state index contributed by atoms with van der Waals surface area (Å²) in [6.45, 7) is 5.96. The summed E-state index contributed by atoms with van der Waals surface area (Å²) >= 11 is 0. The molecule has 1 aliphatic heterocycles. The SMILES string of the molecule is COc1ccc(C(=O)N2[CH-]OCC2(C)C)cc1.[Li+]. The van der Waals surface area contributed by atoms with Gasteiger partial charge in [-0.05, 0) is 38.1 Å². The zero-order valence-electron chi connectivity index (χ0n) is 11.3. The molecule has 1 amide bonds. The van der Waals surface area contributed by atoms with Gasteiger partial charge in [-0.3, -0.25) is 4.79 Å². The van der Waals surface area contributed by atoms with E-state index in [4.69, 9.17) is 9.47 Å². The van der Waals surface area contributed by atoms with E-state index in [1.165, 1.54) is 6.73 Å². The van der Waals surface area contributed by atoms with Gasteiger partial charge in [-0.25, -0.2) is 0 Å². The molecule has 18 heavy (non-hydrogen) atoms. The first kappa shape index (κ1) is 15.1. The Hall–Kier alpha value is -0.953. The molecule has 0 atom stereocenters. The van der Waals surface area contributed by atoms with E-state index in [-0.39, 0.29) is 30.3 Å². The fraction of sp³-hybridized carbons (Fsp3) is 0.385. The van der Waals surface area contributed by atoms with Gasteiger partial charge in [-0.15, -0.1) is 6.73 Å². The van der Waals surface area contributed by atoms with Crippen molar-refractivity contribution in [1.82, 2.24) is 4.90 Å². The zero-order chi connectivity index (χ0) is 12.5. The molecule has 1 fully saturated rings. The second-order valence-corrected chi connectivity index (χ2v) is 4.63. The first-order valence-electron chi connectivity index (χ1n) is 5.47. The number of hydrogen-bond donors (Lipinski definition) is 0. The van der Waals surface area contributed by atoms with Crippen LogP contribution in [0.25, 0.3) is 0 Å². The van der Waals surface area contributed by atoms with E-state index >= 15 is 0 Å². The molecular formula is C13H16LiNO3. The van der Waals surface area contributed by atoms with Crippen molar-refractivity contribution in [2.45, 2.75) is 19.4 Å². The molecule has 0 aliphatic carbocycles. The van der Waals surface area contributed by atoms with Crippen LogP contribution in [-0.4, -0.2) is 30.1 Å². The van der Waals surface area contributed by atoms with Gasteiger partial charge in [0.25, 0.3) is 0 Å². The van der Waals surface area contributed by atoms with Crippen LogP contribution in [0.15, 0.2) is 24.3 Å². The monoisotopic (exact) mass is 241 g/mol. The third kappa shape index (κ3) is 2.89. The third-order valence-electron chi connectivity index (χ3n) is 2.82. The third-order valence-corrected chi connectivity index (χ3v) is 2.82. The van der Waals surface area contributed by atoms with Crippen molar-refractivity contribution in [2.24, 2.45) is 0 Å². The first-order valence-corrected chi connectivity index (χ1v) is 5.47. The van der Waals surface area contributed by atoms with E-state index < -0.39 is 0 Å². The Kier molecular flexibility index (Phi) is 4.86. The Morgan fingerprint density at radius 2 is 2.00 bits per heavy atom. The molecule has 0 spiro atoms. The Labute approximate surface area is 119 Å². The molecule has 2 rings (SSSR count). The van der Waals surface area contributed by atoms with Crippen molar-refractivity contribution in [2.75, 3.05) is 13.7 Å². The predicted molar refractivity (Wildman–Crippen MR) is 63.5 cm³/mol. The van der Waals surface area contributed by atoms with E-state index in [9.17, 15) is 4.79 Å². The van der Waals surface area contributed by atoms with Crippen LogP contribution in [0.1, 0.15) is 24.2 Å². The number of rotatable bonds is 2. The molecule has 4 nitrogen and oxygen atoms in total. The van der Waals surface area contributed by atoms with Crippen molar-refractivity contribution >= 4 is 5.91 Å². The van der Waals surface area contributed by atoms with Crippen molar-refractivity contribution in [3.8, 4) is 5.75 Å². The summed E-state index contributed by atoms with van der Waals surface area (Å²) in [5.41, 5.74) is 0.331. The molecule has 1 saturated heterocycles. The van der Waals surface area contributed by atoms with Crippen molar-refractivity contribution in [3.05, 3.63) is 36.6 Å². The summed E-state index contributed by atoms with van der Waals surface area (Å²) in [5, 5.41) is 0. The van der Waals surface area contributed by atoms with E-state index in [1.807, 2.05) is 13.8 Å². The van der Waals surface area contributed by atoms with Crippen molar-refractivity contribution in [3.63, 3.8) is 0 Å². The van der Waals surface area contributed by atoms with Gasteiger partial charge in [0.15, 0.2) is 0 Å². The summed E-state index contributed by atoms with van der Waals surface area (Å²) in [6.07, 6.45) is 0. The summed E-state index contributed by atoms with van der Waals surface area (Å²) in [6, 6.07) is 7.06. The number of methoxy groups -OCH3 is 1. The summed E-state index contributed by atoms with van der Waals surface area (Å²) < 4.78 is 10.3. The number of carbonyl (C=O) groups is 1. The molecule has 0 aromatic heterocycles. The van der Waals surface area contributed by atoms with Crippen LogP contribution in [0.4, 0.5) is 0 Å². The van der Waals surface area contributed by atoms with E-state index in [0.717, 1.165) is 5.75 Å². The van der Waals surface area contributed by atoms with Crippen molar-refractivity contribution in [1.29, 1.82) is 0 Å². The summed E-state index contributed by atoms with van der Waals surface area (Å²) in [5.74, 6) is 0.678. The molecule has 5 heteroatoms. The Balaban J connectivity index is 0.00000162. The molecule has 0 bridgehead atoms. The molecule has 1 aromatic rings. The molecule has 92 valence electrons. The van der Waals surface area contributed by atoms with Gasteiger partial charge in [0.05, 0.1) is 7.11 Å². The second-order valence-electron chi connectivity index (χ2n) is 4.63. The molecule has 0 N–H and O–H groups in total. The normalized spacial score (nSPS) is 17.2. The van der Waals surface area contributed by atoms with Crippen LogP contribution < -0.4 is 23.6 Å². The van der Waals surface area contributed by atoms with Crippen LogP contribution in [0.5, 0.6) is 5.75 Å². The molecular weight excluding hydrogens is 225 g/mol. The second kappa shape index (κ2) is 5.79. The van der Waals surface area contributed by atoms with Gasteiger partial charge in [0, 0.05) is 17.7 Å². The van der Waals surface area contributed by atoms with Crippen LogP contribution >= 0.6 is 0 Å². The molecule has 1 aromatic carbocycles. The first-order chi connectivity index (χ1) is 8.04. The number of benzene rings is 1. The molecule has 0 unspecified atom stereocenters. The Bertz CT molecular complexity index is 417. The fourth-order valence-corrected chi connectivity index (χ4v) is 1.72. The molecule has 0 saturated carbocycles. The maximum atomic E-state index is 12.2. The Morgan fingerprint density at radius 1 is 1.39 bits per heavy atom. The van der Waals surface area contributed by atoms with E-state index in [0.29, 0.717) is 12.2 Å². The number of nitrogens with zero attached hydrogens (tertiary/aromatic N) is 1. The number of hydrogen-bond acceptors (Lipinski definition) is 3. The van der Waals surface area contributed by atoms with Crippen LogP contribution in [0.2, 0.25) is 0 Å². The van der Waals surface area contributed by atoms with Gasteiger partial charge < -0.3 is 14.4 Å². The summed E-state index contributed by atoms with van der Waals surface area (Å²) in [4.78, 5) is 13.9. The van der Waals surface area contributed by atoms with E-state index in [2.05, 4.69) is 0 Å². The van der Waals surface area contributed by atoms with Gasteiger partial charge in [-0.1, -0.05) is 0 Å². The number of amides is 1. The van der Waals surface area contributed by atoms with Gasteiger partial charge >= 0.3 is 18.9 Å². The molecule has 1 aliphatic rings. The maximum Gasteiger partial charge on any atom is 1.00 e. The fourth-order valence-electron chi connectivity index (χ4n) is 1.72. The van der Waals surface area contributed by atoms with Gasteiger partial charge in [0.2, 0.25) is 5.91 Å². The maximum absolute atomic E-state index is 12.2. The largest absolute Gasteiger partial charge is 1.00 e. The smallest absolute Gasteiger partial charge is 0.530 e. The van der Waals surface area contributed by atoms with Crippen LogP contribution in [-0.2, 0) is 4.74 Å². The minimum Gasteiger partial charge on any atom is -0.530 e. The van der Waals surface area contributed by atoms with Crippen molar-refractivity contribution < 1.29 is 33.1 Å². The Morgan fingerprint density at radius 3 is 2.44 bits per heavy atom. The standard InChI is InChI=1S/C13H16NO3.Li/c1-13(2)8-17-9-14(13)12(15)10-4-6-11(16-3)7-5-10;/h4-7,9H,8H2,1-3H3;/q-1;+1. The average molecular weight is 241 g/mol. The van der Waals surface area contributed by atoms with Gasteiger partial charge in [-0.2, -0.15) is 0 Å². The number of ether oxygens (including phenoxy) is 2. The van der Waals surface area contributed by atoms with E-state index in [1.54, 1.807) is 36.3 Å². The van der Waals surface area contributed by atoms with Crippen LogP contribution in [0.3, 0.4) is 0 Å². The number of carbonyl (C=O) groups excluding carboxylic acids is 1.